The molecule has 78 valence electrons. The summed E-state index contributed by atoms with van der Waals surface area (Å²) in [5.74, 6) is -0.144. The molecule has 0 bridgehead atoms. The lowest BCUT2D eigenvalue weighted by Gasteiger charge is -2.04. The van der Waals surface area contributed by atoms with Crippen LogP contribution in [0.25, 0.3) is 0 Å². The summed E-state index contributed by atoms with van der Waals surface area (Å²) in [4.78, 5) is 11.0. The molecule has 0 saturated heterocycles. The van der Waals surface area contributed by atoms with Crippen LogP contribution in [0.15, 0.2) is 0 Å². The fraction of sp³-hybridized carbons (Fsp3) is 0.900. The summed E-state index contributed by atoms with van der Waals surface area (Å²) in [5, 5.41) is 8.93. The molecule has 0 aromatic heterocycles. The van der Waals surface area contributed by atoms with Gasteiger partial charge in [0.15, 0.2) is 0 Å². The van der Waals surface area contributed by atoms with Crippen molar-refractivity contribution >= 4 is 5.97 Å². The lowest BCUT2D eigenvalue weighted by molar-refractivity contribution is -0.143. The first-order valence-corrected chi connectivity index (χ1v) is 5.00. The van der Waals surface area contributed by atoms with Crippen molar-refractivity contribution in [3.8, 4) is 0 Å². The van der Waals surface area contributed by atoms with Crippen LogP contribution in [0.2, 0.25) is 0 Å². The third kappa shape index (κ3) is 9.34. The molecule has 0 spiro atoms. The molecule has 1 atom stereocenters. The predicted molar refractivity (Wildman–Crippen MR) is 51.4 cm³/mol. The van der Waals surface area contributed by atoms with Gasteiger partial charge in [0.25, 0.3) is 0 Å². The molecule has 3 heteroatoms. The zero-order chi connectivity index (χ0) is 10.1. The van der Waals surface area contributed by atoms with Crippen LogP contribution in [0.4, 0.5) is 0 Å². The van der Waals surface area contributed by atoms with Gasteiger partial charge in [0.1, 0.15) is 0 Å². The number of hydrogen-bond donors (Lipinski definition) is 1. The maximum Gasteiger partial charge on any atom is 0.305 e. The van der Waals surface area contributed by atoms with Gasteiger partial charge in [-0.2, -0.15) is 0 Å². The van der Waals surface area contributed by atoms with Crippen molar-refractivity contribution in [2.75, 3.05) is 6.61 Å². The van der Waals surface area contributed by atoms with E-state index in [-0.39, 0.29) is 12.1 Å². The largest absolute Gasteiger partial charge is 0.466 e. The van der Waals surface area contributed by atoms with Gasteiger partial charge in [0.2, 0.25) is 0 Å². The second-order valence-electron chi connectivity index (χ2n) is 3.32. The van der Waals surface area contributed by atoms with Crippen molar-refractivity contribution in [1.82, 2.24) is 0 Å². The second kappa shape index (κ2) is 8.05. The molecule has 0 aliphatic carbocycles. The van der Waals surface area contributed by atoms with E-state index >= 15 is 0 Å². The van der Waals surface area contributed by atoms with Crippen molar-refractivity contribution in [2.45, 2.75) is 52.1 Å². The maximum absolute atomic E-state index is 11.0. The number of aliphatic hydroxyl groups is 1. The van der Waals surface area contributed by atoms with Crippen molar-refractivity contribution in [3.05, 3.63) is 0 Å². The second-order valence-corrected chi connectivity index (χ2v) is 3.32. The van der Waals surface area contributed by atoms with Crippen LogP contribution in [-0.2, 0) is 9.53 Å². The zero-order valence-electron chi connectivity index (χ0n) is 8.58. The van der Waals surface area contributed by atoms with E-state index < -0.39 is 0 Å². The molecule has 13 heavy (non-hydrogen) atoms. The van der Waals surface area contributed by atoms with E-state index in [4.69, 9.17) is 9.84 Å². The fourth-order valence-corrected chi connectivity index (χ4v) is 0.944. The quantitative estimate of drug-likeness (QED) is 0.490. The number of carbonyl (C=O) groups excluding carboxylic acids is 1. The Bertz CT molecular complexity index is 132. The molecule has 0 aliphatic rings. The lowest BCUT2D eigenvalue weighted by Crippen LogP contribution is -2.07. The standard InChI is InChI=1S/C10H20O3/c1-3-4-8-13-10(12)7-5-6-9(2)11/h9,11H,3-8H2,1-2H3. The summed E-state index contributed by atoms with van der Waals surface area (Å²) in [6.45, 7) is 4.31. The maximum atomic E-state index is 11.0. The Morgan fingerprint density at radius 3 is 2.69 bits per heavy atom. The van der Waals surface area contributed by atoms with Gasteiger partial charge in [0.05, 0.1) is 12.7 Å². The molecule has 0 aromatic carbocycles. The number of hydrogen-bond acceptors (Lipinski definition) is 3. The van der Waals surface area contributed by atoms with E-state index in [1.165, 1.54) is 0 Å². The highest BCUT2D eigenvalue weighted by Crippen LogP contribution is 2.01. The minimum atomic E-state index is -0.316. The van der Waals surface area contributed by atoms with Crippen molar-refractivity contribution in [1.29, 1.82) is 0 Å². The Morgan fingerprint density at radius 1 is 1.46 bits per heavy atom. The highest BCUT2D eigenvalue weighted by molar-refractivity contribution is 5.69. The molecular formula is C10H20O3. The van der Waals surface area contributed by atoms with E-state index in [1.807, 2.05) is 0 Å². The van der Waals surface area contributed by atoms with Gasteiger partial charge in [-0.25, -0.2) is 0 Å². The van der Waals surface area contributed by atoms with Gasteiger partial charge >= 0.3 is 5.97 Å². The first-order chi connectivity index (χ1) is 6.16. The average molecular weight is 188 g/mol. The number of carbonyl (C=O) groups is 1. The molecule has 0 aromatic rings. The number of aliphatic hydroxyl groups excluding tert-OH is 1. The van der Waals surface area contributed by atoms with Crippen molar-refractivity contribution in [2.24, 2.45) is 0 Å². The molecule has 0 saturated carbocycles. The summed E-state index contributed by atoms with van der Waals surface area (Å²) in [7, 11) is 0. The Hall–Kier alpha value is -0.570. The molecule has 3 nitrogen and oxygen atoms in total. The lowest BCUT2D eigenvalue weighted by atomic mass is 10.2. The first-order valence-electron chi connectivity index (χ1n) is 5.00. The van der Waals surface area contributed by atoms with Crippen molar-refractivity contribution < 1.29 is 14.6 Å². The monoisotopic (exact) mass is 188 g/mol. The molecule has 0 radical (unpaired) electrons. The SMILES string of the molecule is CCCCOC(=O)CCCC(C)O. The van der Waals surface area contributed by atoms with Crippen LogP contribution in [0.5, 0.6) is 0 Å². The van der Waals surface area contributed by atoms with Gasteiger partial charge in [-0.1, -0.05) is 13.3 Å². The van der Waals surface area contributed by atoms with E-state index in [9.17, 15) is 4.79 Å². The van der Waals surface area contributed by atoms with E-state index in [0.717, 1.165) is 12.8 Å². The van der Waals surface area contributed by atoms with E-state index in [0.29, 0.717) is 25.9 Å². The highest BCUT2D eigenvalue weighted by Gasteiger charge is 2.03. The summed E-state index contributed by atoms with van der Waals surface area (Å²) in [5.41, 5.74) is 0. The summed E-state index contributed by atoms with van der Waals surface area (Å²) in [6, 6.07) is 0. The molecule has 1 unspecified atom stereocenters. The number of esters is 1. The number of rotatable bonds is 7. The van der Waals surface area contributed by atoms with Crippen LogP contribution in [-0.4, -0.2) is 23.8 Å². The van der Waals surface area contributed by atoms with Crippen molar-refractivity contribution in [3.63, 3.8) is 0 Å². The molecule has 0 fully saturated rings. The van der Waals surface area contributed by atoms with Crippen LogP contribution >= 0.6 is 0 Å². The Kier molecular flexibility index (Phi) is 7.69. The summed E-state index contributed by atoms with van der Waals surface area (Å²) in [6.07, 6.45) is 3.46. The zero-order valence-corrected chi connectivity index (χ0v) is 8.58. The summed E-state index contributed by atoms with van der Waals surface area (Å²) < 4.78 is 4.94. The van der Waals surface area contributed by atoms with Crippen LogP contribution in [0, 0.1) is 0 Å². The minimum absolute atomic E-state index is 0.144. The van der Waals surface area contributed by atoms with Crippen LogP contribution in [0.3, 0.4) is 0 Å². The van der Waals surface area contributed by atoms with Gasteiger partial charge in [-0.05, 0) is 26.2 Å². The molecule has 0 rings (SSSR count). The third-order valence-electron chi connectivity index (χ3n) is 1.76. The van der Waals surface area contributed by atoms with Gasteiger partial charge in [-0.15, -0.1) is 0 Å². The molecular weight excluding hydrogens is 168 g/mol. The highest BCUT2D eigenvalue weighted by atomic mass is 16.5. The van der Waals surface area contributed by atoms with Gasteiger partial charge < -0.3 is 9.84 Å². The van der Waals surface area contributed by atoms with E-state index in [2.05, 4.69) is 6.92 Å². The first kappa shape index (κ1) is 12.4. The van der Waals surface area contributed by atoms with E-state index in [1.54, 1.807) is 6.92 Å². The smallest absolute Gasteiger partial charge is 0.305 e. The topological polar surface area (TPSA) is 46.5 Å². The Labute approximate surface area is 80.1 Å². The van der Waals surface area contributed by atoms with Crippen LogP contribution < -0.4 is 0 Å². The normalized spacial score (nSPS) is 12.5. The predicted octanol–water partition coefficient (Wildman–Crippen LogP) is 1.88. The number of ether oxygens (including phenoxy) is 1. The molecule has 0 amide bonds. The van der Waals surface area contributed by atoms with Crippen LogP contribution in [0.1, 0.15) is 46.0 Å². The third-order valence-corrected chi connectivity index (χ3v) is 1.76. The van der Waals surface area contributed by atoms with Gasteiger partial charge in [-0.3, -0.25) is 4.79 Å². The average Bonchev–Trinajstić information content (AvgIpc) is 2.04. The minimum Gasteiger partial charge on any atom is -0.466 e. The molecule has 0 aliphatic heterocycles. The Balaban J connectivity index is 3.20. The fourth-order valence-electron chi connectivity index (χ4n) is 0.944. The van der Waals surface area contributed by atoms with Gasteiger partial charge in [0, 0.05) is 6.42 Å². The number of unbranched alkanes of at least 4 members (excludes halogenated alkanes) is 1. The molecule has 0 heterocycles. The molecule has 1 N–H and O–H groups in total. The summed E-state index contributed by atoms with van der Waals surface area (Å²) >= 11 is 0. The Morgan fingerprint density at radius 2 is 2.15 bits per heavy atom.